The maximum atomic E-state index is 3.70. The highest BCUT2D eigenvalue weighted by atomic mass is 15.0. The number of anilines is 1. The molecule has 1 aromatic rings. The van der Waals surface area contributed by atoms with Gasteiger partial charge in [-0.2, -0.15) is 0 Å². The summed E-state index contributed by atoms with van der Waals surface area (Å²) >= 11 is 0. The summed E-state index contributed by atoms with van der Waals surface area (Å²) in [6.07, 6.45) is 5.40. The van der Waals surface area contributed by atoms with Gasteiger partial charge in [-0.05, 0) is 57.0 Å². The van der Waals surface area contributed by atoms with Crippen LogP contribution in [0.25, 0.3) is 0 Å². The Morgan fingerprint density at radius 3 is 2.78 bits per heavy atom. The Morgan fingerprint density at radius 2 is 2.11 bits per heavy atom. The molecule has 2 nitrogen and oxygen atoms in total. The molecule has 1 aliphatic carbocycles. The first-order valence-corrected chi connectivity index (χ1v) is 7.17. The number of rotatable bonds is 5. The summed E-state index contributed by atoms with van der Waals surface area (Å²) in [5.74, 6) is 0.937. The third-order valence-corrected chi connectivity index (χ3v) is 3.92. The Labute approximate surface area is 111 Å². The fourth-order valence-corrected chi connectivity index (χ4v) is 2.94. The Hall–Kier alpha value is -1.02. The van der Waals surface area contributed by atoms with Gasteiger partial charge in [0.15, 0.2) is 0 Å². The molecule has 2 rings (SSSR count). The molecule has 0 radical (unpaired) electrons. The van der Waals surface area contributed by atoms with Crippen molar-refractivity contribution < 1.29 is 0 Å². The number of hydrogen-bond acceptors (Lipinski definition) is 2. The molecule has 1 saturated carbocycles. The van der Waals surface area contributed by atoms with Crippen molar-refractivity contribution in [2.24, 2.45) is 5.92 Å². The summed E-state index contributed by atoms with van der Waals surface area (Å²) in [6, 6.07) is 9.53. The largest absolute Gasteiger partial charge is 0.382 e. The van der Waals surface area contributed by atoms with Gasteiger partial charge < -0.3 is 10.2 Å². The van der Waals surface area contributed by atoms with Crippen molar-refractivity contribution in [1.29, 1.82) is 0 Å². The maximum absolute atomic E-state index is 3.70. The molecule has 0 saturated heterocycles. The topological polar surface area (TPSA) is 15.3 Å². The molecule has 2 heteroatoms. The van der Waals surface area contributed by atoms with Crippen LogP contribution in [0.1, 0.15) is 38.2 Å². The van der Waals surface area contributed by atoms with Crippen LogP contribution in [0, 0.1) is 5.92 Å². The molecule has 18 heavy (non-hydrogen) atoms. The van der Waals surface area contributed by atoms with Crippen LogP contribution < -0.4 is 5.32 Å². The van der Waals surface area contributed by atoms with Crippen molar-refractivity contribution in [3.63, 3.8) is 0 Å². The van der Waals surface area contributed by atoms with E-state index in [-0.39, 0.29) is 0 Å². The van der Waals surface area contributed by atoms with Gasteiger partial charge in [0.1, 0.15) is 0 Å². The van der Waals surface area contributed by atoms with E-state index < -0.39 is 0 Å². The molecule has 0 spiro atoms. The minimum Gasteiger partial charge on any atom is -0.382 e. The molecule has 2 atom stereocenters. The summed E-state index contributed by atoms with van der Waals surface area (Å²) in [5.41, 5.74) is 2.67. The zero-order valence-corrected chi connectivity index (χ0v) is 11.9. The molecule has 0 amide bonds. The predicted molar refractivity (Wildman–Crippen MR) is 78.9 cm³/mol. The molecule has 0 bridgehead atoms. The minimum atomic E-state index is 0.685. The van der Waals surface area contributed by atoms with E-state index in [2.05, 4.69) is 55.5 Å². The quantitative estimate of drug-likeness (QED) is 0.851. The van der Waals surface area contributed by atoms with Gasteiger partial charge in [-0.1, -0.05) is 25.5 Å². The number of nitrogens with zero attached hydrogens (tertiary/aromatic N) is 1. The molecule has 1 aromatic carbocycles. The van der Waals surface area contributed by atoms with E-state index in [0.29, 0.717) is 6.04 Å². The van der Waals surface area contributed by atoms with Gasteiger partial charge in [0, 0.05) is 18.3 Å². The SMILES string of the molecule is CCC1CCC(Nc2cccc(CN(C)C)c2)C1. The van der Waals surface area contributed by atoms with Crippen LogP contribution in [-0.4, -0.2) is 25.0 Å². The van der Waals surface area contributed by atoms with Crippen LogP contribution in [0.15, 0.2) is 24.3 Å². The highest BCUT2D eigenvalue weighted by molar-refractivity contribution is 5.46. The molecular weight excluding hydrogens is 220 g/mol. The Balaban J connectivity index is 1.93. The molecule has 1 aliphatic rings. The molecule has 0 aromatic heterocycles. The van der Waals surface area contributed by atoms with E-state index in [1.807, 2.05) is 0 Å². The van der Waals surface area contributed by atoms with E-state index in [4.69, 9.17) is 0 Å². The van der Waals surface area contributed by atoms with Crippen LogP contribution in [0.4, 0.5) is 5.69 Å². The number of benzene rings is 1. The highest BCUT2D eigenvalue weighted by Crippen LogP contribution is 2.30. The zero-order chi connectivity index (χ0) is 13.0. The van der Waals surface area contributed by atoms with Crippen LogP contribution in [0.2, 0.25) is 0 Å². The third-order valence-electron chi connectivity index (χ3n) is 3.92. The van der Waals surface area contributed by atoms with Crippen molar-refractivity contribution in [1.82, 2.24) is 4.90 Å². The van der Waals surface area contributed by atoms with Crippen molar-refractivity contribution in [3.8, 4) is 0 Å². The summed E-state index contributed by atoms with van der Waals surface area (Å²) in [5, 5.41) is 3.70. The summed E-state index contributed by atoms with van der Waals surface area (Å²) in [6.45, 7) is 3.32. The maximum Gasteiger partial charge on any atom is 0.0345 e. The lowest BCUT2D eigenvalue weighted by Crippen LogP contribution is -2.16. The summed E-state index contributed by atoms with van der Waals surface area (Å²) < 4.78 is 0. The van der Waals surface area contributed by atoms with E-state index in [0.717, 1.165) is 12.5 Å². The van der Waals surface area contributed by atoms with Crippen molar-refractivity contribution in [3.05, 3.63) is 29.8 Å². The third kappa shape index (κ3) is 3.74. The van der Waals surface area contributed by atoms with Gasteiger partial charge in [0.25, 0.3) is 0 Å². The van der Waals surface area contributed by atoms with Crippen LogP contribution in [0.3, 0.4) is 0 Å². The second-order valence-corrected chi connectivity index (χ2v) is 5.87. The van der Waals surface area contributed by atoms with Crippen LogP contribution in [0.5, 0.6) is 0 Å². The molecule has 1 N–H and O–H groups in total. The smallest absolute Gasteiger partial charge is 0.0345 e. The van der Waals surface area contributed by atoms with Crippen LogP contribution >= 0.6 is 0 Å². The lowest BCUT2D eigenvalue weighted by Gasteiger charge is -2.16. The predicted octanol–water partition coefficient (Wildman–Crippen LogP) is 3.74. The van der Waals surface area contributed by atoms with E-state index in [1.165, 1.54) is 36.9 Å². The number of hydrogen-bond donors (Lipinski definition) is 1. The molecule has 0 heterocycles. The van der Waals surface area contributed by atoms with Gasteiger partial charge in [0.05, 0.1) is 0 Å². The van der Waals surface area contributed by atoms with Gasteiger partial charge in [-0.15, -0.1) is 0 Å². The lowest BCUT2D eigenvalue weighted by molar-refractivity contribution is 0.402. The van der Waals surface area contributed by atoms with Gasteiger partial charge in [-0.3, -0.25) is 0 Å². The average molecular weight is 246 g/mol. The zero-order valence-electron chi connectivity index (χ0n) is 11.9. The normalized spacial score (nSPS) is 23.6. The molecular formula is C16H26N2. The first-order chi connectivity index (χ1) is 8.67. The Kier molecular flexibility index (Phi) is 4.65. The molecule has 2 unspecified atom stereocenters. The van der Waals surface area contributed by atoms with Crippen molar-refractivity contribution in [2.45, 2.75) is 45.2 Å². The fourth-order valence-electron chi connectivity index (χ4n) is 2.94. The molecule has 0 aliphatic heterocycles. The minimum absolute atomic E-state index is 0.685. The molecule has 100 valence electrons. The number of nitrogens with one attached hydrogen (secondary N) is 1. The first-order valence-electron chi connectivity index (χ1n) is 7.17. The Morgan fingerprint density at radius 1 is 1.28 bits per heavy atom. The fraction of sp³-hybridized carbons (Fsp3) is 0.625. The standard InChI is InChI=1S/C16H26N2/c1-4-13-8-9-16(10-13)17-15-7-5-6-14(11-15)12-18(2)3/h5-7,11,13,16-17H,4,8-10,12H2,1-3H3. The van der Waals surface area contributed by atoms with Gasteiger partial charge in [-0.25, -0.2) is 0 Å². The van der Waals surface area contributed by atoms with Crippen molar-refractivity contribution >= 4 is 5.69 Å². The van der Waals surface area contributed by atoms with E-state index in [1.54, 1.807) is 0 Å². The monoisotopic (exact) mass is 246 g/mol. The Bertz CT molecular complexity index is 373. The van der Waals surface area contributed by atoms with E-state index in [9.17, 15) is 0 Å². The summed E-state index contributed by atoms with van der Waals surface area (Å²) in [4.78, 5) is 2.21. The van der Waals surface area contributed by atoms with Gasteiger partial charge >= 0.3 is 0 Å². The van der Waals surface area contributed by atoms with Crippen LogP contribution in [-0.2, 0) is 6.54 Å². The average Bonchev–Trinajstić information content (AvgIpc) is 2.76. The second-order valence-electron chi connectivity index (χ2n) is 5.87. The first kappa shape index (κ1) is 13.4. The highest BCUT2D eigenvalue weighted by Gasteiger charge is 2.22. The van der Waals surface area contributed by atoms with Crippen molar-refractivity contribution in [2.75, 3.05) is 19.4 Å². The molecule has 1 fully saturated rings. The summed E-state index contributed by atoms with van der Waals surface area (Å²) in [7, 11) is 4.23. The lowest BCUT2D eigenvalue weighted by atomic mass is 10.1. The van der Waals surface area contributed by atoms with Gasteiger partial charge in [0.2, 0.25) is 0 Å². The second kappa shape index (κ2) is 6.24. The van der Waals surface area contributed by atoms with E-state index >= 15 is 0 Å².